The second-order valence-electron chi connectivity index (χ2n) is 7.05. The first kappa shape index (κ1) is 15.5. The van der Waals surface area contributed by atoms with Gasteiger partial charge >= 0.3 is 0 Å². The zero-order valence-electron chi connectivity index (χ0n) is 14.5. The summed E-state index contributed by atoms with van der Waals surface area (Å²) in [5.74, 6) is 0.738. The highest BCUT2D eigenvalue weighted by atomic mass is 16.1. The number of hydrogen-bond donors (Lipinski definition) is 2. The number of nitrogens with zero attached hydrogens (tertiary/aromatic N) is 4. The summed E-state index contributed by atoms with van der Waals surface area (Å²) in [4.78, 5) is 16.8. The molecule has 2 aromatic heterocycles. The van der Waals surface area contributed by atoms with Crippen molar-refractivity contribution in [1.29, 1.82) is 0 Å². The van der Waals surface area contributed by atoms with Gasteiger partial charge in [-0.2, -0.15) is 10.2 Å². The molecule has 26 heavy (non-hydrogen) atoms. The molecule has 1 aliphatic carbocycles. The minimum atomic E-state index is -0.107. The van der Waals surface area contributed by atoms with Crippen LogP contribution in [0.25, 0.3) is 0 Å². The van der Waals surface area contributed by atoms with Crippen LogP contribution in [0.2, 0.25) is 0 Å². The smallest absolute Gasteiger partial charge is 0.267 e. The summed E-state index contributed by atoms with van der Waals surface area (Å²) in [6.07, 6.45) is 4.40. The van der Waals surface area contributed by atoms with E-state index in [1.165, 1.54) is 5.56 Å². The highest BCUT2D eigenvalue weighted by Gasteiger charge is 2.42. The summed E-state index contributed by atoms with van der Waals surface area (Å²) in [6, 6.07) is 10.5. The third-order valence-electron chi connectivity index (χ3n) is 5.61. The van der Waals surface area contributed by atoms with Crippen LogP contribution in [0.4, 0.5) is 0 Å². The van der Waals surface area contributed by atoms with Crippen LogP contribution in [0.5, 0.6) is 0 Å². The Balaban J connectivity index is 1.76. The van der Waals surface area contributed by atoms with E-state index < -0.39 is 0 Å². The summed E-state index contributed by atoms with van der Waals surface area (Å²) in [6.45, 7) is 0. The van der Waals surface area contributed by atoms with Gasteiger partial charge in [0.1, 0.15) is 12.2 Å². The van der Waals surface area contributed by atoms with Gasteiger partial charge in [-0.25, -0.2) is 10.1 Å². The predicted octanol–water partition coefficient (Wildman–Crippen LogP) is 1.75. The molecule has 3 atom stereocenters. The van der Waals surface area contributed by atoms with Crippen molar-refractivity contribution in [1.82, 2.24) is 30.3 Å². The third-order valence-corrected chi connectivity index (χ3v) is 5.61. The van der Waals surface area contributed by atoms with Crippen LogP contribution in [0.15, 0.2) is 41.5 Å². The number of nitrogens with one attached hydrogen (secondary N) is 2. The van der Waals surface area contributed by atoms with Crippen LogP contribution < -0.4 is 10.9 Å². The van der Waals surface area contributed by atoms with E-state index in [-0.39, 0.29) is 23.6 Å². The Morgan fingerprint density at radius 3 is 2.85 bits per heavy atom. The quantitative estimate of drug-likeness (QED) is 0.737. The normalized spacial score (nSPS) is 24.3. The lowest BCUT2D eigenvalue weighted by Gasteiger charge is -2.40. The molecule has 3 heterocycles. The highest BCUT2D eigenvalue weighted by Crippen LogP contribution is 2.46. The van der Waals surface area contributed by atoms with Crippen molar-refractivity contribution < 1.29 is 0 Å². The molecule has 0 fully saturated rings. The van der Waals surface area contributed by atoms with Crippen LogP contribution in [0, 0.1) is 0 Å². The van der Waals surface area contributed by atoms with Crippen molar-refractivity contribution in [2.45, 2.75) is 37.3 Å². The molecule has 0 bridgehead atoms. The Labute approximate surface area is 150 Å². The average molecular weight is 348 g/mol. The van der Waals surface area contributed by atoms with Crippen LogP contribution in [0.1, 0.15) is 59.1 Å². The first-order valence-electron chi connectivity index (χ1n) is 9.00. The van der Waals surface area contributed by atoms with Crippen LogP contribution in [-0.4, -0.2) is 25.0 Å². The number of hydrogen-bond acceptors (Lipinski definition) is 5. The van der Waals surface area contributed by atoms with Gasteiger partial charge in [0.2, 0.25) is 0 Å². The van der Waals surface area contributed by atoms with Crippen LogP contribution in [0.3, 0.4) is 0 Å². The van der Waals surface area contributed by atoms with Gasteiger partial charge in [-0.1, -0.05) is 30.3 Å². The summed E-state index contributed by atoms with van der Waals surface area (Å²) < 4.78 is 1.80. The van der Waals surface area contributed by atoms with Gasteiger partial charge in [0.05, 0.1) is 11.6 Å². The largest absolute Gasteiger partial charge is 0.302 e. The van der Waals surface area contributed by atoms with Crippen molar-refractivity contribution in [2.24, 2.45) is 7.05 Å². The lowest BCUT2D eigenvalue weighted by Crippen LogP contribution is -2.42. The molecule has 1 aliphatic heterocycles. The molecule has 0 radical (unpaired) electrons. The van der Waals surface area contributed by atoms with Gasteiger partial charge in [-0.3, -0.25) is 9.48 Å². The number of H-pyrrole nitrogens is 1. The lowest BCUT2D eigenvalue weighted by atomic mass is 9.76. The average Bonchev–Trinajstić information content (AvgIpc) is 3.10. The number of rotatable bonds is 2. The molecule has 2 aliphatic rings. The minimum absolute atomic E-state index is 0.0287. The van der Waals surface area contributed by atoms with Gasteiger partial charge < -0.3 is 5.32 Å². The van der Waals surface area contributed by atoms with Crippen molar-refractivity contribution in [3.63, 3.8) is 0 Å². The van der Waals surface area contributed by atoms with Crippen LogP contribution in [-0.2, 0) is 13.5 Å². The SMILES string of the molecule is Cn1ncnc1[C@@H]1c2n[nH]c(=O)c3c2C(CCC3)N[C@H]1c1ccccc1. The maximum Gasteiger partial charge on any atom is 0.267 e. The fourth-order valence-corrected chi connectivity index (χ4v) is 4.46. The molecule has 7 nitrogen and oxygen atoms in total. The molecule has 0 saturated carbocycles. The number of aryl methyl sites for hydroxylation is 1. The first-order valence-corrected chi connectivity index (χ1v) is 9.00. The maximum absolute atomic E-state index is 12.3. The Morgan fingerprint density at radius 2 is 2.08 bits per heavy atom. The molecule has 5 rings (SSSR count). The summed E-state index contributed by atoms with van der Waals surface area (Å²) >= 11 is 0. The molecule has 132 valence electrons. The molecule has 2 N–H and O–H groups in total. The zero-order valence-corrected chi connectivity index (χ0v) is 14.5. The van der Waals surface area contributed by atoms with Gasteiger partial charge in [0, 0.05) is 30.3 Å². The Morgan fingerprint density at radius 1 is 1.23 bits per heavy atom. The second-order valence-corrected chi connectivity index (χ2v) is 7.05. The topological polar surface area (TPSA) is 88.5 Å². The molecular weight excluding hydrogens is 328 g/mol. The van der Waals surface area contributed by atoms with Gasteiger partial charge in [0.15, 0.2) is 0 Å². The molecule has 1 aromatic carbocycles. The van der Waals surface area contributed by atoms with Crippen molar-refractivity contribution in [3.05, 3.63) is 75.2 Å². The Hall–Kier alpha value is -2.80. The van der Waals surface area contributed by atoms with Gasteiger partial charge in [-0.15, -0.1) is 0 Å². The summed E-state index contributed by atoms with van der Waals surface area (Å²) in [7, 11) is 1.90. The molecule has 0 spiro atoms. The minimum Gasteiger partial charge on any atom is -0.302 e. The van der Waals surface area contributed by atoms with E-state index in [0.29, 0.717) is 0 Å². The second kappa shape index (κ2) is 5.88. The Bertz CT molecular complexity index is 1010. The molecule has 7 heteroatoms. The van der Waals surface area contributed by atoms with E-state index in [2.05, 4.69) is 37.7 Å². The van der Waals surface area contributed by atoms with E-state index in [9.17, 15) is 4.79 Å². The fourth-order valence-electron chi connectivity index (χ4n) is 4.46. The number of benzene rings is 1. The molecule has 1 unspecified atom stereocenters. The monoisotopic (exact) mass is 348 g/mol. The van der Waals surface area contributed by atoms with E-state index >= 15 is 0 Å². The zero-order chi connectivity index (χ0) is 17.7. The van der Waals surface area contributed by atoms with Gasteiger partial charge in [-0.05, 0) is 24.8 Å². The Kier molecular flexibility index (Phi) is 3.49. The number of aromatic nitrogens is 5. The molecule has 0 amide bonds. The van der Waals surface area contributed by atoms with Crippen LogP contribution >= 0.6 is 0 Å². The molecule has 0 saturated heterocycles. The summed E-state index contributed by atoms with van der Waals surface area (Å²) in [5.41, 5.74) is 3.99. The standard InChI is InChI=1S/C19H20N6O/c1-25-18(20-10-21-25)15-16(11-6-3-2-4-7-11)22-13-9-5-8-12-14(13)17(15)23-24-19(12)26/h2-4,6-7,10,13,15-16,22H,5,8-9H2,1H3,(H,24,26)/t13?,15-,16-/m0/s1. The number of aromatic amines is 1. The van der Waals surface area contributed by atoms with Crippen molar-refractivity contribution in [2.75, 3.05) is 0 Å². The van der Waals surface area contributed by atoms with E-state index in [4.69, 9.17) is 0 Å². The van der Waals surface area contributed by atoms with Crippen molar-refractivity contribution >= 4 is 0 Å². The lowest BCUT2D eigenvalue weighted by molar-refractivity contribution is 0.326. The van der Waals surface area contributed by atoms with E-state index in [1.54, 1.807) is 11.0 Å². The fraction of sp³-hybridized carbons (Fsp3) is 0.368. The maximum atomic E-state index is 12.3. The highest BCUT2D eigenvalue weighted by molar-refractivity contribution is 5.43. The molecular formula is C19H20N6O. The predicted molar refractivity (Wildman–Crippen MR) is 95.7 cm³/mol. The first-order chi connectivity index (χ1) is 12.7. The van der Waals surface area contributed by atoms with Crippen molar-refractivity contribution in [3.8, 4) is 0 Å². The summed E-state index contributed by atoms with van der Waals surface area (Å²) in [5, 5.41) is 15.3. The molecule has 3 aromatic rings. The van der Waals surface area contributed by atoms with E-state index in [0.717, 1.165) is 41.9 Å². The van der Waals surface area contributed by atoms with Gasteiger partial charge in [0.25, 0.3) is 5.56 Å². The van der Waals surface area contributed by atoms with E-state index in [1.807, 2.05) is 25.2 Å². The third kappa shape index (κ3) is 2.24.